The van der Waals surface area contributed by atoms with Crippen molar-refractivity contribution in [2.45, 2.75) is 30.6 Å². The molecule has 0 radical (unpaired) electrons. The van der Waals surface area contributed by atoms with Gasteiger partial charge < -0.3 is 5.32 Å². The van der Waals surface area contributed by atoms with Crippen LogP contribution in [0, 0.1) is 10.6 Å². The second-order valence-electron chi connectivity index (χ2n) is 6.17. The molecular formula is C17H17FN6OS2. The average molecular weight is 404 g/mol. The van der Waals surface area contributed by atoms with Gasteiger partial charge in [-0.2, -0.15) is 5.10 Å². The molecule has 1 amide bonds. The number of imidazole rings is 1. The fourth-order valence-electron chi connectivity index (χ4n) is 2.90. The summed E-state index contributed by atoms with van der Waals surface area (Å²) in [6.45, 7) is 0.256. The number of rotatable bonds is 6. The van der Waals surface area contributed by atoms with E-state index in [0.29, 0.717) is 33.2 Å². The second-order valence-corrected chi connectivity index (χ2v) is 7.33. The van der Waals surface area contributed by atoms with Gasteiger partial charge in [0.2, 0.25) is 0 Å². The molecule has 1 aromatic carbocycles. The minimum atomic E-state index is -0.335. The third-order valence-corrected chi connectivity index (χ3v) is 5.27. The first-order valence-corrected chi connectivity index (χ1v) is 10.0. The maximum atomic E-state index is 13.3. The Kier molecular flexibility index (Phi) is 4.83. The molecule has 27 heavy (non-hydrogen) atoms. The summed E-state index contributed by atoms with van der Waals surface area (Å²) in [6.07, 6.45) is 5.53. The molecule has 0 unspecified atom stereocenters. The Morgan fingerprint density at radius 3 is 2.81 bits per heavy atom. The molecule has 1 aliphatic carbocycles. The summed E-state index contributed by atoms with van der Waals surface area (Å²) in [6, 6.07) is 6.32. The molecule has 2 aromatic heterocycles. The van der Waals surface area contributed by atoms with Crippen LogP contribution in [0.4, 0.5) is 4.39 Å². The van der Waals surface area contributed by atoms with Gasteiger partial charge >= 0.3 is 0 Å². The lowest BCUT2D eigenvalue weighted by Gasteiger charge is -2.11. The fourth-order valence-corrected chi connectivity index (χ4v) is 3.74. The number of carbonyl (C=O) groups is 1. The van der Waals surface area contributed by atoms with Crippen LogP contribution in [0.3, 0.4) is 0 Å². The summed E-state index contributed by atoms with van der Waals surface area (Å²) in [4.78, 5) is 17.1. The molecule has 4 rings (SSSR count). The highest BCUT2D eigenvalue weighted by atomic mass is 32.2. The summed E-state index contributed by atoms with van der Waals surface area (Å²) >= 11 is 6.67. The Bertz CT molecular complexity index is 1030. The van der Waals surface area contributed by atoms with Crippen molar-refractivity contribution in [3.8, 4) is 5.69 Å². The average Bonchev–Trinajstić information content (AvgIpc) is 3.30. The third-order valence-electron chi connectivity index (χ3n) is 4.33. The first-order valence-electron chi connectivity index (χ1n) is 8.40. The summed E-state index contributed by atoms with van der Waals surface area (Å²) in [5, 5.41) is 10.5. The Morgan fingerprint density at radius 1 is 1.41 bits per heavy atom. The van der Waals surface area contributed by atoms with Crippen LogP contribution in [0.2, 0.25) is 0 Å². The maximum Gasteiger partial charge on any atom is 0.270 e. The van der Waals surface area contributed by atoms with E-state index in [1.165, 1.54) is 30.1 Å². The molecule has 1 saturated carbocycles. The van der Waals surface area contributed by atoms with Crippen molar-refractivity contribution in [1.82, 2.24) is 29.6 Å². The van der Waals surface area contributed by atoms with Gasteiger partial charge in [-0.15, -0.1) is 0 Å². The first kappa shape index (κ1) is 17.9. The van der Waals surface area contributed by atoms with E-state index in [2.05, 4.69) is 20.5 Å². The molecule has 0 bridgehead atoms. The van der Waals surface area contributed by atoms with Crippen molar-refractivity contribution in [1.29, 1.82) is 0 Å². The summed E-state index contributed by atoms with van der Waals surface area (Å²) < 4.78 is 17.5. The van der Waals surface area contributed by atoms with Crippen LogP contribution >= 0.6 is 24.0 Å². The van der Waals surface area contributed by atoms with Gasteiger partial charge in [0.25, 0.3) is 5.91 Å². The molecule has 1 aliphatic rings. The Morgan fingerprint density at radius 2 is 2.15 bits per heavy atom. The highest BCUT2D eigenvalue weighted by Crippen LogP contribution is 2.35. The maximum absolute atomic E-state index is 13.3. The lowest BCUT2D eigenvalue weighted by Crippen LogP contribution is -2.26. The standard InChI is InChI=1S/C17H17FN6OS2/c1-27-17-20-8-13(23(17)11-4-2-10(18)3-5-11)15(25)19-9-14-21-22-16(26)24(14)12-6-7-12/h2-5,8,12H,6-7,9H2,1H3,(H,19,25)(H,22,26). The number of nitrogens with one attached hydrogen (secondary N) is 2. The number of aromatic amines is 1. The van der Waals surface area contributed by atoms with Crippen LogP contribution in [0.1, 0.15) is 35.2 Å². The smallest absolute Gasteiger partial charge is 0.270 e. The zero-order valence-corrected chi connectivity index (χ0v) is 16.1. The molecule has 7 nitrogen and oxygen atoms in total. The van der Waals surface area contributed by atoms with Crippen molar-refractivity contribution in [3.63, 3.8) is 0 Å². The van der Waals surface area contributed by atoms with Crippen molar-refractivity contribution in [2.75, 3.05) is 6.26 Å². The normalized spacial score (nSPS) is 13.7. The van der Waals surface area contributed by atoms with Gasteiger partial charge in [-0.05, 0) is 55.6 Å². The molecule has 2 heterocycles. The van der Waals surface area contributed by atoms with Crippen LogP contribution in [-0.2, 0) is 6.54 Å². The molecule has 3 aromatic rings. The number of nitrogens with zero attached hydrogens (tertiary/aromatic N) is 4. The van der Waals surface area contributed by atoms with E-state index in [-0.39, 0.29) is 18.3 Å². The van der Waals surface area contributed by atoms with Crippen LogP contribution in [-0.4, -0.2) is 36.5 Å². The highest BCUT2D eigenvalue weighted by Gasteiger charge is 2.27. The van der Waals surface area contributed by atoms with E-state index < -0.39 is 0 Å². The van der Waals surface area contributed by atoms with Gasteiger partial charge in [-0.3, -0.25) is 19.0 Å². The molecule has 1 fully saturated rings. The van der Waals surface area contributed by atoms with E-state index in [4.69, 9.17) is 12.2 Å². The number of aromatic nitrogens is 5. The van der Waals surface area contributed by atoms with Gasteiger partial charge in [-0.25, -0.2) is 9.37 Å². The van der Waals surface area contributed by atoms with Crippen LogP contribution in [0.25, 0.3) is 5.69 Å². The molecule has 0 spiro atoms. The Hall–Kier alpha value is -2.46. The number of hydrogen-bond donors (Lipinski definition) is 2. The van der Waals surface area contributed by atoms with Gasteiger partial charge in [0.15, 0.2) is 15.8 Å². The second kappa shape index (κ2) is 7.28. The minimum absolute atomic E-state index is 0.256. The largest absolute Gasteiger partial charge is 0.343 e. The van der Waals surface area contributed by atoms with Crippen LogP contribution in [0.5, 0.6) is 0 Å². The third kappa shape index (κ3) is 3.54. The lowest BCUT2D eigenvalue weighted by atomic mass is 10.3. The van der Waals surface area contributed by atoms with Gasteiger partial charge in [0, 0.05) is 11.7 Å². The van der Waals surface area contributed by atoms with Crippen molar-refractivity contribution in [3.05, 3.63) is 52.6 Å². The van der Waals surface area contributed by atoms with E-state index in [9.17, 15) is 9.18 Å². The predicted molar refractivity (Wildman–Crippen MR) is 102 cm³/mol. The Balaban J connectivity index is 1.58. The molecule has 0 atom stereocenters. The highest BCUT2D eigenvalue weighted by molar-refractivity contribution is 7.98. The molecule has 0 aliphatic heterocycles. The number of hydrogen-bond acceptors (Lipinski definition) is 5. The van der Waals surface area contributed by atoms with Crippen molar-refractivity contribution in [2.24, 2.45) is 0 Å². The van der Waals surface area contributed by atoms with Crippen LogP contribution in [0.15, 0.2) is 35.6 Å². The van der Waals surface area contributed by atoms with E-state index >= 15 is 0 Å². The van der Waals surface area contributed by atoms with E-state index in [0.717, 1.165) is 12.8 Å². The van der Waals surface area contributed by atoms with Gasteiger partial charge in [0.1, 0.15) is 11.5 Å². The molecule has 140 valence electrons. The minimum Gasteiger partial charge on any atom is -0.343 e. The molecule has 2 N–H and O–H groups in total. The molecule has 0 saturated heterocycles. The zero-order valence-electron chi connectivity index (χ0n) is 14.5. The SMILES string of the molecule is CSc1ncc(C(=O)NCc2n[nH]c(=S)n2C2CC2)n1-c1ccc(F)cc1. The monoisotopic (exact) mass is 404 g/mol. The molecular weight excluding hydrogens is 387 g/mol. The van der Waals surface area contributed by atoms with Crippen LogP contribution < -0.4 is 5.32 Å². The number of amides is 1. The topological polar surface area (TPSA) is 80.5 Å². The zero-order chi connectivity index (χ0) is 19.0. The number of halogens is 1. The number of carbonyl (C=O) groups excluding carboxylic acids is 1. The summed E-state index contributed by atoms with van der Waals surface area (Å²) in [5.41, 5.74) is 1.04. The number of thioether (sulfide) groups is 1. The summed E-state index contributed by atoms with van der Waals surface area (Å²) in [5.74, 6) is 0.0793. The Labute approximate surface area is 164 Å². The fraction of sp³-hybridized carbons (Fsp3) is 0.294. The number of benzene rings is 1. The van der Waals surface area contributed by atoms with E-state index in [1.807, 2.05) is 10.8 Å². The molecule has 10 heteroatoms. The van der Waals surface area contributed by atoms with Gasteiger partial charge in [0.05, 0.1) is 12.7 Å². The lowest BCUT2D eigenvalue weighted by molar-refractivity contribution is 0.0942. The van der Waals surface area contributed by atoms with Crippen molar-refractivity contribution >= 4 is 29.9 Å². The van der Waals surface area contributed by atoms with Gasteiger partial charge in [-0.1, -0.05) is 11.8 Å². The first-order chi connectivity index (χ1) is 13.1. The van der Waals surface area contributed by atoms with Crippen molar-refractivity contribution < 1.29 is 9.18 Å². The number of H-pyrrole nitrogens is 1. The quantitative estimate of drug-likeness (QED) is 0.487. The predicted octanol–water partition coefficient (Wildman–Crippen LogP) is 3.25. The van der Waals surface area contributed by atoms with E-state index in [1.54, 1.807) is 16.7 Å². The summed E-state index contributed by atoms with van der Waals surface area (Å²) in [7, 11) is 0.